The maximum Gasteiger partial charge on any atom is 0.257 e. The molecule has 10 nitrogen and oxygen atoms in total. The number of aromatic nitrogens is 5. The minimum absolute atomic E-state index is 0.0229. The molecule has 1 amide bonds. The summed E-state index contributed by atoms with van der Waals surface area (Å²) < 4.78 is 28.8. The molecule has 35 heavy (non-hydrogen) atoms. The number of carbonyl (C=O) groups is 1. The first kappa shape index (κ1) is 21.9. The van der Waals surface area contributed by atoms with Crippen molar-refractivity contribution >= 4 is 28.4 Å². The van der Waals surface area contributed by atoms with Crippen LogP contribution in [0.4, 0.5) is 10.2 Å². The summed E-state index contributed by atoms with van der Waals surface area (Å²) in [4.78, 5) is 22.5. The molecular weight excluding hydrogens is 453 g/mol. The Kier molecular flexibility index (Phi) is 5.37. The van der Waals surface area contributed by atoms with Crippen LogP contribution in [0.1, 0.15) is 29.2 Å². The lowest BCUT2D eigenvalue weighted by Crippen LogP contribution is -2.51. The quantitative estimate of drug-likeness (QED) is 0.438. The predicted molar refractivity (Wildman–Crippen MR) is 127 cm³/mol. The molecule has 0 unspecified atom stereocenters. The number of nitrogens with one attached hydrogen (secondary N) is 2. The van der Waals surface area contributed by atoms with Gasteiger partial charge in [-0.1, -0.05) is 0 Å². The number of ether oxygens (including phenoxy) is 2. The summed E-state index contributed by atoms with van der Waals surface area (Å²) in [5.41, 5.74) is 2.88. The fraction of sp³-hybridized carbons (Fsp3) is 0.417. The maximum atomic E-state index is 14.6. The third-order valence-corrected chi connectivity index (χ3v) is 7.01. The van der Waals surface area contributed by atoms with E-state index in [1.807, 2.05) is 29.0 Å². The lowest BCUT2D eigenvalue weighted by atomic mass is 9.89. The van der Waals surface area contributed by atoms with Crippen LogP contribution >= 0.6 is 0 Å². The molecular formula is C24H26FN7O3. The number of hydrogen-bond acceptors (Lipinski definition) is 7. The number of pyridine rings is 1. The molecule has 1 aliphatic carbocycles. The molecule has 182 valence electrons. The zero-order valence-electron chi connectivity index (χ0n) is 19.4. The highest BCUT2D eigenvalue weighted by Gasteiger charge is 2.34. The number of fused-ring (bicyclic) bond motifs is 2. The van der Waals surface area contributed by atoms with Gasteiger partial charge < -0.3 is 24.7 Å². The average Bonchev–Trinajstić information content (AvgIpc) is 3.57. The molecule has 4 atom stereocenters. The van der Waals surface area contributed by atoms with Crippen molar-refractivity contribution in [3.63, 3.8) is 0 Å². The highest BCUT2D eigenvalue weighted by Crippen LogP contribution is 2.35. The first-order valence-corrected chi connectivity index (χ1v) is 11.7. The summed E-state index contributed by atoms with van der Waals surface area (Å²) >= 11 is 0. The second kappa shape index (κ2) is 8.58. The van der Waals surface area contributed by atoms with Crippen molar-refractivity contribution in [2.24, 2.45) is 0 Å². The van der Waals surface area contributed by atoms with Crippen molar-refractivity contribution in [2.45, 2.75) is 37.2 Å². The zero-order chi connectivity index (χ0) is 24.1. The van der Waals surface area contributed by atoms with Gasteiger partial charge in [-0.25, -0.2) is 14.4 Å². The smallest absolute Gasteiger partial charge is 0.257 e. The monoisotopic (exact) mass is 479 g/mol. The second-order valence-corrected chi connectivity index (χ2v) is 8.95. The van der Waals surface area contributed by atoms with Gasteiger partial charge in [0, 0.05) is 43.6 Å². The van der Waals surface area contributed by atoms with Gasteiger partial charge in [-0.15, -0.1) is 0 Å². The van der Waals surface area contributed by atoms with E-state index in [0.29, 0.717) is 28.4 Å². The molecule has 1 saturated heterocycles. The van der Waals surface area contributed by atoms with Crippen molar-refractivity contribution in [3.8, 4) is 11.3 Å². The van der Waals surface area contributed by atoms with Crippen LogP contribution in [-0.4, -0.2) is 75.7 Å². The van der Waals surface area contributed by atoms with E-state index >= 15 is 0 Å². The molecule has 1 aliphatic heterocycles. The average molecular weight is 480 g/mol. The number of hydrogen-bond donors (Lipinski definition) is 2. The zero-order valence-corrected chi connectivity index (χ0v) is 19.4. The van der Waals surface area contributed by atoms with E-state index in [0.717, 1.165) is 23.8 Å². The molecule has 4 aromatic rings. The molecule has 2 fully saturated rings. The highest BCUT2D eigenvalue weighted by atomic mass is 19.1. The van der Waals surface area contributed by atoms with Crippen molar-refractivity contribution in [3.05, 3.63) is 42.4 Å². The van der Waals surface area contributed by atoms with Gasteiger partial charge in [-0.3, -0.25) is 4.79 Å². The number of methoxy groups -OCH3 is 1. The number of halogens is 1. The number of alkyl halides is 1. The summed E-state index contributed by atoms with van der Waals surface area (Å²) in [7, 11) is 3.44. The fourth-order valence-corrected chi connectivity index (χ4v) is 4.91. The molecule has 0 radical (unpaired) electrons. The van der Waals surface area contributed by atoms with Crippen molar-refractivity contribution in [1.29, 1.82) is 0 Å². The lowest BCUT2D eigenvalue weighted by molar-refractivity contribution is 0.00732. The molecule has 0 spiro atoms. The van der Waals surface area contributed by atoms with E-state index in [-0.39, 0.29) is 31.3 Å². The molecule has 4 aromatic heterocycles. The standard InChI is InChI=1S/C24H26FN7O3/c1-26-21-8-18(15-10-31(19-12-35-11-16(19)25)22-13(15)4-3-7-27-22)29-23-14(9-28-32(21)23)24(33)30-17-5-6-20(17)34-2/h3-4,7-10,16-17,19-20,26H,5-6,11-12H2,1-2H3,(H,30,33)/t16-,17+,19+,20+/m0/s1. The van der Waals surface area contributed by atoms with Gasteiger partial charge in [0.15, 0.2) is 5.65 Å². The van der Waals surface area contributed by atoms with Gasteiger partial charge >= 0.3 is 0 Å². The van der Waals surface area contributed by atoms with Crippen LogP contribution in [0.25, 0.3) is 27.9 Å². The normalized spacial score (nSPS) is 24.1. The van der Waals surface area contributed by atoms with Crippen LogP contribution in [0.3, 0.4) is 0 Å². The third-order valence-electron chi connectivity index (χ3n) is 7.01. The number of anilines is 1. The Morgan fingerprint density at radius 1 is 1.29 bits per heavy atom. The minimum atomic E-state index is -1.11. The SMILES string of the molecule is CNc1cc(-c2cn([C@@H]3COC[C@@H]3F)c3ncccc23)nc2c(C(=O)N[C@@H]3CC[C@H]3OC)cnn12. The molecule has 0 bridgehead atoms. The predicted octanol–water partition coefficient (Wildman–Crippen LogP) is 2.60. The van der Waals surface area contributed by atoms with Crippen molar-refractivity contribution in [2.75, 3.05) is 32.7 Å². The van der Waals surface area contributed by atoms with Gasteiger partial charge in [-0.2, -0.15) is 9.61 Å². The van der Waals surface area contributed by atoms with Gasteiger partial charge in [-0.05, 0) is 25.0 Å². The van der Waals surface area contributed by atoms with E-state index in [1.54, 1.807) is 24.9 Å². The number of carbonyl (C=O) groups excluding carboxylic acids is 1. The van der Waals surface area contributed by atoms with Crippen molar-refractivity contribution < 1.29 is 18.7 Å². The lowest BCUT2D eigenvalue weighted by Gasteiger charge is -2.35. The number of rotatable bonds is 6. The van der Waals surface area contributed by atoms with Gasteiger partial charge in [0.2, 0.25) is 0 Å². The summed E-state index contributed by atoms with van der Waals surface area (Å²) in [6, 6.07) is 5.16. The number of amides is 1. The highest BCUT2D eigenvalue weighted by molar-refractivity contribution is 6.01. The van der Waals surface area contributed by atoms with E-state index < -0.39 is 12.2 Å². The molecule has 11 heteroatoms. The topological polar surface area (TPSA) is 108 Å². The summed E-state index contributed by atoms with van der Waals surface area (Å²) in [5, 5.41) is 11.4. The summed E-state index contributed by atoms with van der Waals surface area (Å²) in [6.07, 6.45) is 5.79. The van der Waals surface area contributed by atoms with E-state index in [9.17, 15) is 9.18 Å². The van der Waals surface area contributed by atoms with Crippen LogP contribution in [0.5, 0.6) is 0 Å². The third kappa shape index (κ3) is 3.53. The summed E-state index contributed by atoms with van der Waals surface area (Å²) in [6.45, 7) is 0.353. The van der Waals surface area contributed by atoms with Gasteiger partial charge in [0.1, 0.15) is 23.2 Å². The van der Waals surface area contributed by atoms with Crippen LogP contribution in [0.2, 0.25) is 0 Å². The van der Waals surface area contributed by atoms with Crippen LogP contribution in [0, 0.1) is 0 Å². The Morgan fingerprint density at radius 2 is 2.17 bits per heavy atom. The minimum Gasteiger partial charge on any atom is -0.379 e. The molecule has 2 aliphatic rings. The van der Waals surface area contributed by atoms with E-state index in [4.69, 9.17) is 14.5 Å². The molecule has 2 N–H and O–H groups in total. The first-order valence-electron chi connectivity index (χ1n) is 11.7. The Morgan fingerprint density at radius 3 is 2.89 bits per heavy atom. The fourth-order valence-electron chi connectivity index (χ4n) is 4.91. The molecule has 6 rings (SSSR count). The first-order chi connectivity index (χ1) is 17.1. The number of nitrogens with zero attached hydrogens (tertiary/aromatic N) is 5. The second-order valence-electron chi connectivity index (χ2n) is 8.95. The van der Waals surface area contributed by atoms with Crippen molar-refractivity contribution in [1.82, 2.24) is 29.5 Å². The van der Waals surface area contributed by atoms with Gasteiger partial charge in [0.25, 0.3) is 5.91 Å². The van der Waals surface area contributed by atoms with Crippen LogP contribution in [-0.2, 0) is 9.47 Å². The molecule has 5 heterocycles. The Balaban J connectivity index is 1.45. The largest absolute Gasteiger partial charge is 0.379 e. The van der Waals surface area contributed by atoms with Gasteiger partial charge in [0.05, 0.1) is 43.3 Å². The Hall–Kier alpha value is -3.57. The maximum absolute atomic E-state index is 14.6. The molecule has 0 aromatic carbocycles. The van der Waals surface area contributed by atoms with E-state index in [2.05, 4.69) is 20.7 Å². The van der Waals surface area contributed by atoms with E-state index in [1.165, 1.54) is 6.20 Å². The Bertz CT molecular complexity index is 1420. The van der Waals surface area contributed by atoms with Crippen LogP contribution in [0.15, 0.2) is 36.8 Å². The molecule has 1 saturated carbocycles. The van der Waals surface area contributed by atoms with Crippen LogP contribution < -0.4 is 10.6 Å². The Labute approximate surface area is 200 Å². The summed E-state index contributed by atoms with van der Waals surface area (Å²) in [5.74, 6) is 0.422.